The number of anilines is 1. The first-order valence-corrected chi connectivity index (χ1v) is 16.5. The second kappa shape index (κ2) is 10.8. The quantitative estimate of drug-likeness (QED) is 0.308. The number of benzene rings is 1. The zero-order valence-corrected chi connectivity index (χ0v) is 26.1. The number of hydrogen-bond donors (Lipinski definition) is 2. The number of hydrogen-bond acceptors (Lipinski definition) is 9. The van der Waals surface area contributed by atoms with Crippen molar-refractivity contribution in [2.24, 2.45) is 5.92 Å². The highest BCUT2D eigenvalue weighted by Gasteiger charge is 2.49. The highest BCUT2D eigenvalue weighted by atomic mass is 35.5. The average Bonchev–Trinajstić information content (AvgIpc) is 3.35. The maximum absolute atomic E-state index is 17.1. The number of halogens is 4. The molecule has 0 radical (unpaired) electrons. The van der Waals surface area contributed by atoms with Gasteiger partial charge in [0.1, 0.15) is 36.0 Å². The Morgan fingerprint density at radius 3 is 2.96 bits per heavy atom. The van der Waals surface area contributed by atoms with Crippen LogP contribution in [0.2, 0.25) is 5.02 Å². The zero-order valence-electron chi connectivity index (χ0n) is 25.3. The smallest absolute Gasteiger partial charge is 0.407 e. The van der Waals surface area contributed by atoms with Crippen molar-refractivity contribution >= 4 is 45.3 Å². The van der Waals surface area contributed by atoms with E-state index in [0.29, 0.717) is 40.9 Å². The summed E-state index contributed by atoms with van der Waals surface area (Å²) in [4.78, 5) is 30.3. The number of carbonyl (C=O) groups excluding carboxylic acids is 1. The van der Waals surface area contributed by atoms with Gasteiger partial charge in [-0.3, -0.25) is 15.0 Å². The molecule has 4 fully saturated rings. The fourth-order valence-corrected chi connectivity index (χ4v) is 8.67. The van der Waals surface area contributed by atoms with E-state index < -0.39 is 35.8 Å². The van der Waals surface area contributed by atoms with Gasteiger partial charge in [-0.2, -0.15) is 15.1 Å². The number of H-pyrrole nitrogens is 1. The second-order valence-electron chi connectivity index (χ2n) is 13.6. The van der Waals surface area contributed by atoms with E-state index >= 15 is 8.78 Å². The van der Waals surface area contributed by atoms with E-state index in [9.17, 15) is 9.18 Å². The van der Waals surface area contributed by atoms with Crippen LogP contribution in [-0.4, -0.2) is 99.5 Å². The molecule has 11 nitrogen and oxygen atoms in total. The van der Waals surface area contributed by atoms with Gasteiger partial charge in [-0.15, -0.1) is 0 Å². The Labute approximate surface area is 272 Å². The minimum absolute atomic E-state index is 0.0207. The highest BCUT2D eigenvalue weighted by Crippen LogP contribution is 2.56. The lowest BCUT2D eigenvalue weighted by Gasteiger charge is -2.31. The summed E-state index contributed by atoms with van der Waals surface area (Å²) in [7, 11) is 0. The molecular weight excluding hydrogens is 637 g/mol. The van der Waals surface area contributed by atoms with Crippen LogP contribution < -0.4 is 15.0 Å². The Balaban J connectivity index is 1.21. The van der Waals surface area contributed by atoms with E-state index in [1.165, 1.54) is 6.20 Å². The summed E-state index contributed by atoms with van der Waals surface area (Å²) in [6, 6.07) is 0.809. The monoisotopic (exact) mass is 668 g/mol. The second-order valence-corrected chi connectivity index (χ2v) is 14.0. The first-order valence-electron chi connectivity index (χ1n) is 16.1. The fourth-order valence-electron chi connectivity index (χ4n) is 8.33. The molecule has 1 aromatic carbocycles. The van der Waals surface area contributed by atoms with Crippen molar-refractivity contribution < 1.29 is 27.4 Å². The molecule has 3 aromatic heterocycles. The first kappa shape index (κ1) is 29.2. The highest BCUT2D eigenvalue weighted by molar-refractivity contribution is 6.33. The van der Waals surface area contributed by atoms with Crippen molar-refractivity contribution in [3.05, 3.63) is 34.9 Å². The Morgan fingerprint density at radius 1 is 1.17 bits per heavy atom. The van der Waals surface area contributed by atoms with Gasteiger partial charge in [0.05, 0.1) is 41.8 Å². The Bertz CT molecular complexity index is 1930. The number of rotatable bonds is 3. The maximum Gasteiger partial charge on any atom is 0.407 e. The van der Waals surface area contributed by atoms with Crippen molar-refractivity contribution in [2.75, 3.05) is 44.3 Å². The predicted molar refractivity (Wildman–Crippen MR) is 167 cm³/mol. The summed E-state index contributed by atoms with van der Waals surface area (Å²) in [6.45, 7) is 1.37. The third-order valence-electron chi connectivity index (χ3n) is 10.7. The summed E-state index contributed by atoms with van der Waals surface area (Å²) in [5.41, 5.74) is 1.43. The molecule has 6 aliphatic rings. The van der Waals surface area contributed by atoms with Gasteiger partial charge < -0.3 is 19.7 Å². The maximum atomic E-state index is 17.1. The lowest BCUT2D eigenvalue weighted by molar-refractivity contribution is 0.107. The molecule has 0 spiro atoms. The molecule has 3 saturated heterocycles. The molecule has 5 aliphatic heterocycles. The first-order chi connectivity index (χ1) is 22.8. The molecule has 1 saturated carbocycles. The number of aromatic amines is 1. The molecular formula is C32H32ClF3N8O3. The number of carbonyl (C=O) groups is 1. The number of alkyl carbamates (subject to hydrolysis) is 1. The van der Waals surface area contributed by atoms with Crippen LogP contribution in [0.4, 0.5) is 23.8 Å². The summed E-state index contributed by atoms with van der Waals surface area (Å²) in [5, 5.41) is 11.2. The van der Waals surface area contributed by atoms with E-state index in [0.717, 1.165) is 31.4 Å². The number of ether oxygens (including phenoxy) is 2. The summed E-state index contributed by atoms with van der Waals surface area (Å²) in [5.74, 6) is -0.350. The normalized spacial score (nSPS) is 30.3. The van der Waals surface area contributed by atoms with Crippen LogP contribution >= 0.6 is 11.6 Å². The zero-order chi connectivity index (χ0) is 32.0. The molecule has 47 heavy (non-hydrogen) atoms. The number of pyridine rings is 1. The number of nitrogens with zero attached hydrogens (tertiary/aromatic N) is 6. The van der Waals surface area contributed by atoms with Gasteiger partial charge in [-0.1, -0.05) is 11.6 Å². The van der Waals surface area contributed by atoms with E-state index in [1.54, 1.807) is 17.2 Å². The van der Waals surface area contributed by atoms with Crippen LogP contribution in [0.3, 0.4) is 0 Å². The van der Waals surface area contributed by atoms with Crippen molar-refractivity contribution in [1.82, 2.24) is 35.4 Å². The summed E-state index contributed by atoms with van der Waals surface area (Å²) >= 11 is 6.88. The molecule has 2 N–H and O–H groups in total. The van der Waals surface area contributed by atoms with Gasteiger partial charge in [0.25, 0.3) is 0 Å². The van der Waals surface area contributed by atoms with Crippen molar-refractivity contribution in [3.63, 3.8) is 0 Å². The van der Waals surface area contributed by atoms with E-state index in [4.69, 9.17) is 21.1 Å². The van der Waals surface area contributed by atoms with Gasteiger partial charge in [0.2, 0.25) is 0 Å². The van der Waals surface area contributed by atoms with Crippen molar-refractivity contribution in [1.29, 1.82) is 0 Å². The largest absolute Gasteiger partial charge is 0.461 e. The van der Waals surface area contributed by atoms with Gasteiger partial charge in [-0.25, -0.2) is 18.0 Å². The van der Waals surface area contributed by atoms with Crippen LogP contribution in [-0.2, 0) is 4.74 Å². The van der Waals surface area contributed by atoms with Crippen LogP contribution in [0.1, 0.15) is 43.6 Å². The number of fused-ring (bicyclic) bond motifs is 7. The van der Waals surface area contributed by atoms with E-state index in [-0.39, 0.29) is 66.6 Å². The summed E-state index contributed by atoms with van der Waals surface area (Å²) < 4.78 is 58.6. The van der Waals surface area contributed by atoms with Gasteiger partial charge in [-0.05, 0) is 55.7 Å². The van der Waals surface area contributed by atoms with Crippen LogP contribution in [0.15, 0.2) is 18.5 Å². The molecule has 15 heteroatoms. The van der Waals surface area contributed by atoms with Crippen molar-refractivity contribution in [3.8, 4) is 17.3 Å². The SMILES string of the molecule is O=C1N[C@H]2CN(C[C@H]2F)c2nc(OC[C@@]34CCCN3C[C@H](F)C4)nc3c(F)c(ncc23)-c2c(c(Cl)cc3[nH]ncc23)C2C[C@H]2CCO1. The molecule has 1 aliphatic carbocycles. The fraction of sp³-hybridized carbons (Fsp3) is 0.531. The van der Waals surface area contributed by atoms with Crippen LogP contribution in [0, 0.1) is 11.7 Å². The predicted octanol–water partition coefficient (Wildman–Crippen LogP) is 5.08. The Morgan fingerprint density at radius 2 is 2.06 bits per heavy atom. The van der Waals surface area contributed by atoms with E-state index in [1.807, 2.05) is 0 Å². The third kappa shape index (κ3) is 4.77. The number of nitrogens with one attached hydrogen (secondary N) is 2. The molecule has 1 amide bonds. The minimum Gasteiger partial charge on any atom is -0.461 e. The molecule has 246 valence electrons. The van der Waals surface area contributed by atoms with Gasteiger partial charge >= 0.3 is 12.1 Å². The van der Waals surface area contributed by atoms with Gasteiger partial charge in [0.15, 0.2) is 5.82 Å². The average molecular weight is 669 g/mol. The third-order valence-corrected chi connectivity index (χ3v) is 11.0. The molecule has 8 heterocycles. The molecule has 4 aromatic rings. The number of amides is 1. The summed E-state index contributed by atoms with van der Waals surface area (Å²) in [6.07, 6.45) is 3.42. The van der Waals surface area contributed by atoms with Crippen LogP contribution in [0.5, 0.6) is 6.01 Å². The Hall–Kier alpha value is -3.91. The number of aromatic nitrogens is 5. The topological polar surface area (TPSA) is 121 Å². The molecule has 1 unspecified atom stereocenters. The van der Waals surface area contributed by atoms with Crippen molar-refractivity contribution in [2.45, 2.75) is 61.9 Å². The van der Waals surface area contributed by atoms with Gasteiger partial charge in [0, 0.05) is 41.7 Å². The van der Waals surface area contributed by atoms with Crippen LogP contribution in [0.25, 0.3) is 33.1 Å². The molecule has 6 bridgehead atoms. The number of alkyl halides is 2. The van der Waals surface area contributed by atoms with E-state index in [2.05, 4.69) is 35.4 Å². The minimum atomic E-state index is -1.44. The molecule has 10 rings (SSSR count). The molecule has 6 atom stereocenters. The Kier molecular flexibility index (Phi) is 6.72. The standard InChI is InChI=1S/C32H32ClF3N8O3/c33-20-7-22-18(10-38-42-22)25-24(20)17-6-15(17)2-5-46-31(45)39-23-13-43(12-21(23)35)29-19-9-37-28(25)26(36)27(19)40-30(41-29)47-14-32-3-1-4-44(32)11-16(34)8-32/h7,9-10,15-17,21,23H,1-6,8,11-14H2,(H,38,42)(H,39,45)/t15-,16-,17?,21-,23+,32+/m1/s1. The lowest BCUT2D eigenvalue weighted by atomic mass is 9.94. The lowest BCUT2D eigenvalue weighted by Crippen LogP contribution is -2.43.